The normalized spacial score (nSPS) is 19.1. The minimum Gasteiger partial charge on any atom is -0.455 e. The second-order valence-corrected chi connectivity index (χ2v) is 7.22. The van der Waals surface area contributed by atoms with Gasteiger partial charge in [0.1, 0.15) is 0 Å². The fourth-order valence-electron chi connectivity index (χ4n) is 3.05. The van der Waals surface area contributed by atoms with E-state index in [1.807, 2.05) is 0 Å². The molecule has 1 saturated heterocycles. The van der Waals surface area contributed by atoms with E-state index in [0.29, 0.717) is 6.54 Å². The molecule has 1 aliphatic heterocycles. The van der Waals surface area contributed by atoms with E-state index >= 15 is 0 Å². The number of carbonyl (C=O) groups excluding carboxylic acids is 2. The quantitative estimate of drug-likeness (QED) is 0.603. The number of hydrogen-bond acceptors (Lipinski definition) is 5. The molecule has 3 rings (SSSR count). The van der Waals surface area contributed by atoms with Gasteiger partial charge in [0.05, 0.1) is 11.9 Å². The maximum absolute atomic E-state index is 11.8. The van der Waals surface area contributed by atoms with Crippen molar-refractivity contribution in [2.45, 2.75) is 43.1 Å². The first-order valence-corrected chi connectivity index (χ1v) is 9.48. The van der Waals surface area contributed by atoms with Crippen molar-refractivity contribution in [2.24, 2.45) is 0 Å². The summed E-state index contributed by atoms with van der Waals surface area (Å²) in [5, 5.41) is 2.73. The highest BCUT2D eigenvalue weighted by molar-refractivity contribution is 8.00. The topological polar surface area (TPSA) is 64.6 Å². The SMILES string of the molecule is O=C(COC(=O)CSc1ccc2c(c1)CCC2)NC[C@@H]1CCCO1. The molecule has 1 aromatic carbocycles. The summed E-state index contributed by atoms with van der Waals surface area (Å²) < 4.78 is 10.4. The summed E-state index contributed by atoms with van der Waals surface area (Å²) in [6, 6.07) is 6.36. The summed E-state index contributed by atoms with van der Waals surface area (Å²) in [7, 11) is 0. The molecule has 1 aliphatic carbocycles. The molecular formula is C18H23NO4S. The molecule has 1 atom stereocenters. The lowest BCUT2D eigenvalue weighted by atomic mass is 10.1. The van der Waals surface area contributed by atoms with E-state index in [-0.39, 0.29) is 30.3 Å². The zero-order valence-electron chi connectivity index (χ0n) is 13.7. The molecule has 6 heteroatoms. The van der Waals surface area contributed by atoms with Gasteiger partial charge in [0.15, 0.2) is 6.61 Å². The van der Waals surface area contributed by atoms with Gasteiger partial charge in [-0.2, -0.15) is 0 Å². The maximum atomic E-state index is 11.8. The number of carbonyl (C=O) groups is 2. The number of rotatable bonds is 7. The molecule has 1 amide bonds. The number of hydrogen-bond donors (Lipinski definition) is 1. The Kier molecular flexibility index (Phi) is 6.15. The van der Waals surface area contributed by atoms with E-state index in [4.69, 9.17) is 9.47 Å². The highest BCUT2D eigenvalue weighted by Crippen LogP contribution is 2.27. The standard InChI is InChI=1S/C18H23NO4S/c20-17(19-10-15-5-2-8-22-15)11-23-18(21)12-24-16-7-6-13-3-1-4-14(13)9-16/h6-7,9,15H,1-5,8,10-12H2,(H,19,20)/t15-/m0/s1. The fourth-order valence-corrected chi connectivity index (χ4v) is 3.81. The number of aryl methyl sites for hydroxylation is 2. The van der Waals surface area contributed by atoms with Gasteiger partial charge in [0.2, 0.25) is 0 Å². The van der Waals surface area contributed by atoms with Gasteiger partial charge < -0.3 is 14.8 Å². The zero-order valence-corrected chi connectivity index (χ0v) is 14.5. The minimum absolute atomic E-state index is 0.0972. The number of ether oxygens (including phenoxy) is 2. The summed E-state index contributed by atoms with van der Waals surface area (Å²) in [5.74, 6) is -0.424. The van der Waals surface area contributed by atoms with Crippen LogP contribution in [0.2, 0.25) is 0 Å². The number of thioether (sulfide) groups is 1. The Bertz CT molecular complexity index is 599. The van der Waals surface area contributed by atoms with Crippen LogP contribution in [-0.2, 0) is 31.9 Å². The molecule has 2 aliphatic rings. The molecule has 1 fully saturated rings. The third kappa shape index (κ3) is 4.98. The molecule has 130 valence electrons. The van der Waals surface area contributed by atoms with Crippen LogP contribution in [0, 0.1) is 0 Å². The fraction of sp³-hybridized carbons (Fsp3) is 0.556. The Morgan fingerprint density at radius 3 is 2.96 bits per heavy atom. The van der Waals surface area contributed by atoms with E-state index in [2.05, 4.69) is 23.5 Å². The first kappa shape index (κ1) is 17.3. The highest BCUT2D eigenvalue weighted by Gasteiger charge is 2.17. The van der Waals surface area contributed by atoms with Crippen molar-refractivity contribution in [3.05, 3.63) is 29.3 Å². The van der Waals surface area contributed by atoms with Crippen LogP contribution in [-0.4, -0.2) is 43.5 Å². The zero-order chi connectivity index (χ0) is 16.8. The van der Waals surface area contributed by atoms with E-state index in [1.54, 1.807) is 0 Å². The molecule has 0 unspecified atom stereocenters. The smallest absolute Gasteiger partial charge is 0.316 e. The Balaban J connectivity index is 1.32. The molecule has 1 N–H and O–H groups in total. The van der Waals surface area contributed by atoms with Gasteiger partial charge in [0.25, 0.3) is 5.91 Å². The van der Waals surface area contributed by atoms with Gasteiger partial charge >= 0.3 is 5.97 Å². The van der Waals surface area contributed by atoms with Crippen molar-refractivity contribution < 1.29 is 19.1 Å². The Morgan fingerprint density at radius 1 is 1.25 bits per heavy atom. The first-order valence-electron chi connectivity index (χ1n) is 8.49. The van der Waals surface area contributed by atoms with Crippen molar-refractivity contribution in [1.82, 2.24) is 5.32 Å². The molecule has 0 saturated carbocycles. The van der Waals surface area contributed by atoms with E-state index in [9.17, 15) is 9.59 Å². The van der Waals surface area contributed by atoms with E-state index in [0.717, 1.165) is 37.2 Å². The number of amides is 1. The van der Waals surface area contributed by atoms with Crippen LogP contribution in [0.3, 0.4) is 0 Å². The van der Waals surface area contributed by atoms with Crippen molar-refractivity contribution in [3.8, 4) is 0 Å². The van der Waals surface area contributed by atoms with Crippen LogP contribution < -0.4 is 5.32 Å². The molecule has 1 heterocycles. The molecule has 1 aromatic rings. The second kappa shape index (κ2) is 8.53. The molecule has 0 aromatic heterocycles. The number of benzene rings is 1. The van der Waals surface area contributed by atoms with Crippen molar-refractivity contribution in [2.75, 3.05) is 25.5 Å². The van der Waals surface area contributed by atoms with Crippen LogP contribution >= 0.6 is 11.8 Å². The summed E-state index contributed by atoms with van der Waals surface area (Å²) in [5.41, 5.74) is 2.81. The lowest BCUT2D eigenvalue weighted by Crippen LogP contribution is -2.35. The van der Waals surface area contributed by atoms with Crippen molar-refractivity contribution in [1.29, 1.82) is 0 Å². The average Bonchev–Trinajstić information content (AvgIpc) is 3.26. The van der Waals surface area contributed by atoms with Crippen LogP contribution in [0.1, 0.15) is 30.4 Å². The lowest BCUT2D eigenvalue weighted by Gasteiger charge is -2.11. The number of fused-ring (bicyclic) bond motifs is 1. The molecule has 0 radical (unpaired) electrons. The van der Waals surface area contributed by atoms with Gasteiger partial charge in [-0.05, 0) is 55.4 Å². The second-order valence-electron chi connectivity index (χ2n) is 6.17. The number of nitrogens with one attached hydrogen (secondary N) is 1. The summed E-state index contributed by atoms with van der Waals surface area (Å²) in [6.07, 6.45) is 5.60. The van der Waals surface area contributed by atoms with Crippen molar-refractivity contribution in [3.63, 3.8) is 0 Å². The third-order valence-electron chi connectivity index (χ3n) is 4.34. The molecule has 0 spiro atoms. The van der Waals surface area contributed by atoms with Crippen LogP contribution in [0.5, 0.6) is 0 Å². The predicted molar refractivity (Wildman–Crippen MR) is 92.1 cm³/mol. The Hall–Kier alpha value is -1.53. The van der Waals surface area contributed by atoms with Gasteiger partial charge in [-0.1, -0.05) is 6.07 Å². The first-order chi connectivity index (χ1) is 11.7. The molecule has 5 nitrogen and oxygen atoms in total. The minimum atomic E-state index is -0.368. The summed E-state index contributed by atoms with van der Waals surface area (Å²) >= 11 is 1.45. The lowest BCUT2D eigenvalue weighted by molar-refractivity contribution is -0.146. The molecule has 24 heavy (non-hydrogen) atoms. The summed E-state index contributed by atoms with van der Waals surface area (Å²) in [4.78, 5) is 24.5. The van der Waals surface area contributed by atoms with E-state index in [1.165, 1.54) is 29.3 Å². The van der Waals surface area contributed by atoms with Gasteiger partial charge in [-0.25, -0.2) is 0 Å². The van der Waals surface area contributed by atoms with Crippen LogP contribution in [0.4, 0.5) is 0 Å². The Labute approximate surface area is 146 Å². The third-order valence-corrected chi connectivity index (χ3v) is 5.31. The van der Waals surface area contributed by atoms with Gasteiger partial charge in [-0.15, -0.1) is 11.8 Å². The van der Waals surface area contributed by atoms with Crippen LogP contribution in [0.25, 0.3) is 0 Å². The van der Waals surface area contributed by atoms with Crippen molar-refractivity contribution >= 4 is 23.6 Å². The van der Waals surface area contributed by atoms with Gasteiger partial charge in [-0.3, -0.25) is 9.59 Å². The molecular weight excluding hydrogens is 326 g/mol. The Morgan fingerprint density at radius 2 is 2.12 bits per heavy atom. The predicted octanol–water partition coefficient (Wildman–Crippen LogP) is 2.11. The summed E-state index contributed by atoms with van der Waals surface area (Å²) in [6.45, 7) is 1.02. The maximum Gasteiger partial charge on any atom is 0.316 e. The average molecular weight is 349 g/mol. The van der Waals surface area contributed by atoms with Crippen LogP contribution in [0.15, 0.2) is 23.1 Å². The number of esters is 1. The highest BCUT2D eigenvalue weighted by atomic mass is 32.2. The van der Waals surface area contributed by atoms with Gasteiger partial charge in [0, 0.05) is 18.0 Å². The monoisotopic (exact) mass is 349 g/mol. The largest absolute Gasteiger partial charge is 0.455 e. The molecule has 0 bridgehead atoms. The van der Waals surface area contributed by atoms with E-state index < -0.39 is 0 Å².